The molecule has 0 saturated carbocycles. The minimum atomic E-state index is 0.0843. The van der Waals surface area contributed by atoms with Gasteiger partial charge in [-0.3, -0.25) is 19.7 Å². The summed E-state index contributed by atoms with van der Waals surface area (Å²) < 4.78 is 0. The van der Waals surface area contributed by atoms with E-state index < -0.39 is 0 Å². The highest BCUT2D eigenvalue weighted by atomic mass is 79.9. The van der Waals surface area contributed by atoms with Gasteiger partial charge in [-0.2, -0.15) is 0 Å². The summed E-state index contributed by atoms with van der Waals surface area (Å²) in [6.07, 6.45) is 3.31. The van der Waals surface area contributed by atoms with Crippen LogP contribution in [0.25, 0.3) is 11.0 Å². The predicted octanol–water partition coefficient (Wildman–Crippen LogP) is 1.78. The molecule has 1 aromatic heterocycles. The first-order chi connectivity index (χ1) is 10.3. The first kappa shape index (κ1) is 14.4. The number of aromatic nitrogens is 2. The predicted molar refractivity (Wildman–Crippen MR) is 85.7 cm³/mol. The number of carbonyl (C=O) groups excluding carboxylic acids is 1. The van der Waals surface area contributed by atoms with Crippen LogP contribution in [0.1, 0.15) is 10.4 Å². The Hall–Kier alpha value is -1.53. The molecule has 2 heterocycles. The molecule has 0 bridgehead atoms. The molecule has 0 atom stereocenters. The summed E-state index contributed by atoms with van der Waals surface area (Å²) >= 11 is 3.45. The molecule has 0 unspecified atom stereocenters. The van der Waals surface area contributed by atoms with E-state index in [-0.39, 0.29) is 5.91 Å². The Morgan fingerprint density at radius 2 is 1.81 bits per heavy atom. The van der Waals surface area contributed by atoms with Gasteiger partial charge >= 0.3 is 0 Å². The van der Waals surface area contributed by atoms with E-state index in [0.717, 1.165) is 49.1 Å². The summed E-state index contributed by atoms with van der Waals surface area (Å²) in [6.45, 7) is 4.47. The van der Waals surface area contributed by atoms with Crippen molar-refractivity contribution >= 4 is 32.9 Å². The third kappa shape index (κ3) is 3.22. The van der Waals surface area contributed by atoms with Crippen LogP contribution in [0.5, 0.6) is 0 Å². The summed E-state index contributed by atoms with van der Waals surface area (Å²) in [5, 5.41) is 0.976. The van der Waals surface area contributed by atoms with Crippen molar-refractivity contribution in [1.29, 1.82) is 0 Å². The Balaban J connectivity index is 1.72. The van der Waals surface area contributed by atoms with E-state index in [1.165, 1.54) is 0 Å². The topological polar surface area (TPSA) is 49.3 Å². The summed E-state index contributed by atoms with van der Waals surface area (Å²) in [5.41, 5.74) is 2.27. The van der Waals surface area contributed by atoms with Crippen LogP contribution in [0, 0.1) is 0 Å². The molecule has 3 rings (SSSR count). The molecule has 5 nitrogen and oxygen atoms in total. The maximum Gasteiger partial charge on any atom is 0.254 e. The van der Waals surface area contributed by atoms with Crippen molar-refractivity contribution in [3.63, 3.8) is 0 Å². The second kappa shape index (κ2) is 6.49. The van der Waals surface area contributed by atoms with Gasteiger partial charge in [0, 0.05) is 56.0 Å². The summed E-state index contributed by atoms with van der Waals surface area (Å²) in [5.74, 6) is 0.0843. The molecule has 0 radical (unpaired) electrons. The Labute approximate surface area is 132 Å². The van der Waals surface area contributed by atoms with Crippen LogP contribution < -0.4 is 0 Å². The van der Waals surface area contributed by atoms with E-state index in [0.29, 0.717) is 5.56 Å². The molecule has 1 fully saturated rings. The Morgan fingerprint density at radius 1 is 1.10 bits per heavy atom. The molecule has 1 saturated heterocycles. The Bertz CT molecular complexity index is 640. The second-order valence-electron chi connectivity index (χ2n) is 5.08. The third-order valence-electron chi connectivity index (χ3n) is 3.78. The van der Waals surface area contributed by atoms with Gasteiger partial charge in [-0.15, -0.1) is 0 Å². The zero-order chi connectivity index (χ0) is 14.7. The number of alkyl halides is 1. The van der Waals surface area contributed by atoms with E-state index in [9.17, 15) is 4.79 Å². The maximum absolute atomic E-state index is 12.6. The number of piperazine rings is 1. The smallest absolute Gasteiger partial charge is 0.254 e. The zero-order valence-corrected chi connectivity index (χ0v) is 13.3. The first-order valence-electron chi connectivity index (χ1n) is 7.06. The van der Waals surface area contributed by atoms with E-state index in [4.69, 9.17) is 0 Å². The van der Waals surface area contributed by atoms with Gasteiger partial charge in [0.25, 0.3) is 5.91 Å². The van der Waals surface area contributed by atoms with Gasteiger partial charge < -0.3 is 4.90 Å². The molecule has 2 aromatic rings. The largest absolute Gasteiger partial charge is 0.336 e. The van der Waals surface area contributed by atoms with Crippen molar-refractivity contribution in [2.45, 2.75) is 0 Å². The number of carbonyl (C=O) groups is 1. The second-order valence-corrected chi connectivity index (χ2v) is 5.88. The number of hydrogen-bond donors (Lipinski definition) is 0. The standard InChI is InChI=1S/C15H17BrN4O/c16-3-6-19-7-9-20(10-8-19)15(21)12-1-2-13-14(11-12)18-5-4-17-13/h1-2,4-5,11H,3,6-10H2. The van der Waals surface area contributed by atoms with Crippen molar-refractivity contribution in [3.8, 4) is 0 Å². The SMILES string of the molecule is O=C(c1ccc2nccnc2c1)N1CCN(CCBr)CC1. The molecule has 110 valence electrons. The quantitative estimate of drug-likeness (QED) is 0.793. The molecular weight excluding hydrogens is 332 g/mol. The Kier molecular flexibility index (Phi) is 4.45. The van der Waals surface area contributed by atoms with Gasteiger partial charge in [-0.25, -0.2) is 0 Å². The van der Waals surface area contributed by atoms with E-state index in [2.05, 4.69) is 30.8 Å². The van der Waals surface area contributed by atoms with Crippen molar-refractivity contribution in [2.75, 3.05) is 38.1 Å². The fraction of sp³-hybridized carbons (Fsp3) is 0.400. The monoisotopic (exact) mass is 348 g/mol. The van der Waals surface area contributed by atoms with Crippen molar-refractivity contribution in [2.24, 2.45) is 0 Å². The molecule has 0 N–H and O–H groups in total. The summed E-state index contributed by atoms with van der Waals surface area (Å²) in [6, 6.07) is 5.52. The van der Waals surface area contributed by atoms with E-state index in [1.807, 2.05) is 23.1 Å². The van der Waals surface area contributed by atoms with Crippen LogP contribution in [0.4, 0.5) is 0 Å². The van der Waals surface area contributed by atoms with Crippen molar-refractivity contribution in [1.82, 2.24) is 19.8 Å². The molecular formula is C15H17BrN4O. The van der Waals surface area contributed by atoms with Gasteiger partial charge in [0.1, 0.15) is 0 Å². The fourth-order valence-corrected chi connectivity index (χ4v) is 3.07. The minimum Gasteiger partial charge on any atom is -0.336 e. The number of halogens is 1. The average Bonchev–Trinajstić information content (AvgIpc) is 2.55. The van der Waals surface area contributed by atoms with Crippen LogP contribution in [0.3, 0.4) is 0 Å². The number of fused-ring (bicyclic) bond motifs is 1. The number of nitrogens with zero attached hydrogens (tertiary/aromatic N) is 4. The molecule has 1 aromatic carbocycles. The molecule has 21 heavy (non-hydrogen) atoms. The molecule has 0 spiro atoms. The zero-order valence-electron chi connectivity index (χ0n) is 11.7. The lowest BCUT2D eigenvalue weighted by Gasteiger charge is -2.34. The fourth-order valence-electron chi connectivity index (χ4n) is 2.57. The minimum absolute atomic E-state index is 0.0843. The highest BCUT2D eigenvalue weighted by Crippen LogP contribution is 2.14. The van der Waals surface area contributed by atoms with Gasteiger partial charge in [0.05, 0.1) is 11.0 Å². The highest BCUT2D eigenvalue weighted by Gasteiger charge is 2.21. The van der Waals surface area contributed by atoms with Crippen LogP contribution in [0.15, 0.2) is 30.6 Å². The van der Waals surface area contributed by atoms with Gasteiger partial charge in [0.2, 0.25) is 0 Å². The van der Waals surface area contributed by atoms with Crippen LogP contribution in [0.2, 0.25) is 0 Å². The number of hydrogen-bond acceptors (Lipinski definition) is 4. The molecule has 0 aliphatic carbocycles. The summed E-state index contributed by atoms with van der Waals surface area (Å²) in [7, 11) is 0. The molecule has 1 amide bonds. The van der Waals surface area contributed by atoms with Crippen LogP contribution >= 0.6 is 15.9 Å². The molecule has 1 aliphatic rings. The first-order valence-corrected chi connectivity index (χ1v) is 8.18. The normalized spacial score (nSPS) is 16.3. The lowest BCUT2D eigenvalue weighted by atomic mass is 10.1. The average molecular weight is 349 g/mol. The Morgan fingerprint density at radius 3 is 2.52 bits per heavy atom. The number of amides is 1. The lowest BCUT2D eigenvalue weighted by molar-refractivity contribution is 0.0645. The van der Waals surface area contributed by atoms with Gasteiger partial charge in [-0.1, -0.05) is 15.9 Å². The highest BCUT2D eigenvalue weighted by molar-refractivity contribution is 9.09. The van der Waals surface area contributed by atoms with Gasteiger partial charge in [-0.05, 0) is 18.2 Å². The number of benzene rings is 1. The van der Waals surface area contributed by atoms with E-state index in [1.54, 1.807) is 12.4 Å². The number of rotatable bonds is 3. The van der Waals surface area contributed by atoms with Crippen molar-refractivity contribution in [3.05, 3.63) is 36.2 Å². The van der Waals surface area contributed by atoms with E-state index >= 15 is 0 Å². The van der Waals surface area contributed by atoms with Crippen molar-refractivity contribution < 1.29 is 4.79 Å². The van der Waals surface area contributed by atoms with Gasteiger partial charge in [0.15, 0.2) is 0 Å². The van der Waals surface area contributed by atoms with Crippen LogP contribution in [-0.4, -0.2) is 63.7 Å². The third-order valence-corrected chi connectivity index (χ3v) is 4.13. The summed E-state index contributed by atoms with van der Waals surface area (Å²) in [4.78, 5) is 25.3. The molecule has 6 heteroatoms. The van der Waals surface area contributed by atoms with Crippen LogP contribution in [-0.2, 0) is 0 Å². The lowest BCUT2D eigenvalue weighted by Crippen LogP contribution is -2.49. The molecule has 1 aliphatic heterocycles. The maximum atomic E-state index is 12.6.